The fourth-order valence-corrected chi connectivity index (χ4v) is 0.366. The molecule has 0 aliphatic heterocycles. The zero-order chi connectivity index (χ0) is 7.44. The van der Waals surface area contributed by atoms with Crippen LogP contribution < -0.4 is 5.73 Å². The van der Waals surface area contributed by atoms with E-state index in [1.54, 1.807) is 0 Å². The number of nitrogens with two attached hydrogens (primary N) is 1. The van der Waals surface area contributed by atoms with Gasteiger partial charge in [0.15, 0.2) is 0 Å². The van der Waals surface area contributed by atoms with Gasteiger partial charge in [0, 0.05) is 11.8 Å². The van der Waals surface area contributed by atoms with E-state index in [0.29, 0.717) is 0 Å². The lowest BCUT2D eigenvalue weighted by Gasteiger charge is -1.97. The van der Waals surface area contributed by atoms with E-state index in [2.05, 4.69) is 5.73 Å². The molecule has 0 radical (unpaired) electrons. The van der Waals surface area contributed by atoms with Crippen LogP contribution >= 0.6 is 0 Å². The van der Waals surface area contributed by atoms with Crippen molar-refractivity contribution in [3.63, 3.8) is 0 Å². The Morgan fingerprint density at radius 1 is 1.80 bits per heavy atom. The summed E-state index contributed by atoms with van der Waals surface area (Å²) in [6, 6.07) is -0.859. The van der Waals surface area contributed by atoms with Crippen LogP contribution in [0.1, 0.15) is 20.8 Å². The van der Waals surface area contributed by atoms with Crippen LogP contribution in [0.3, 0.4) is 0 Å². The first-order valence-electron chi connectivity index (χ1n) is 2.46. The second-order valence-electron chi connectivity index (χ2n) is 1.80. The van der Waals surface area contributed by atoms with Gasteiger partial charge in [-0.15, -0.1) is 0 Å². The summed E-state index contributed by atoms with van der Waals surface area (Å²) >= 11 is 0. The van der Waals surface area contributed by atoms with Gasteiger partial charge in [-0.1, -0.05) is 7.43 Å². The van der Waals surface area contributed by atoms with Crippen molar-refractivity contribution in [2.45, 2.75) is 26.8 Å². The number of carbonyl (C=O) groups is 1. The lowest BCUT2D eigenvalue weighted by atomic mass is 10.2. The predicted octanol–water partition coefficient (Wildman–Crippen LogP) is 0.163. The highest BCUT2D eigenvalue weighted by atomic mass is 16.6. The summed E-state index contributed by atoms with van der Waals surface area (Å²) in [7, 11) is 0. The van der Waals surface area contributed by atoms with Gasteiger partial charge in [-0.25, -0.2) is 0 Å². The summed E-state index contributed by atoms with van der Waals surface area (Å²) < 4.78 is 0. The van der Waals surface area contributed by atoms with Crippen molar-refractivity contribution in [1.29, 1.82) is 0 Å². The number of nitro groups is 1. The smallest absolute Gasteiger partial charge is 0.224 e. The van der Waals surface area contributed by atoms with E-state index in [1.807, 2.05) is 0 Å². The lowest BCUT2D eigenvalue weighted by molar-refractivity contribution is -0.516. The van der Waals surface area contributed by atoms with Crippen molar-refractivity contribution in [3.05, 3.63) is 10.1 Å². The number of amides is 1. The average Bonchev–Trinajstić information content (AvgIpc) is 1.63. The number of hydrogen-bond acceptors (Lipinski definition) is 3. The van der Waals surface area contributed by atoms with E-state index in [9.17, 15) is 14.9 Å². The molecular formula is C5H12N2O3. The number of rotatable bonds is 3. The van der Waals surface area contributed by atoms with Gasteiger partial charge in [-0.3, -0.25) is 14.9 Å². The van der Waals surface area contributed by atoms with Gasteiger partial charge in [-0.2, -0.15) is 0 Å². The largest absolute Gasteiger partial charge is 0.369 e. The van der Waals surface area contributed by atoms with E-state index in [-0.39, 0.29) is 13.8 Å². The second-order valence-corrected chi connectivity index (χ2v) is 1.80. The van der Waals surface area contributed by atoms with Crippen LogP contribution in [0.4, 0.5) is 0 Å². The Morgan fingerprint density at radius 2 is 2.20 bits per heavy atom. The Kier molecular flexibility index (Phi) is 5.50. The molecule has 60 valence electrons. The fraction of sp³-hybridized carbons (Fsp3) is 0.800. The van der Waals surface area contributed by atoms with Gasteiger partial charge in [0.25, 0.3) is 0 Å². The van der Waals surface area contributed by atoms with E-state index in [1.165, 1.54) is 6.92 Å². The molecule has 5 heteroatoms. The van der Waals surface area contributed by atoms with Crippen molar-refractivity contribution in [2.24, 2.45) is 5.73 Å². The van der Waals surface area contributed by atoms with Crippen LogP contribution in [0.15, 0.2) is 0 Å². The molecule has 0 aliphatic carbocycles. The molecule has 0 aromatic carbocycles. The Morgan fingerprint density at radius 3 is 2.30 bits per heavy atom. The molecule has 0 saturated carbocycles. The lowest BCUT2D eigenvalue weighted by Crippen LogP contribution is -2.23. The summed E-state index contributed by atoms with van der Waals surface area (Å²) in [4.78, 5) is 19.3. The van der Waals surface area contributed by atoms with Crippen LogP contribution in [-0.2, 0) is 4.79 Å². The molecule has 0 aliphatic rings. The van der Waals surface area contributed by atoms with E-state index in [4.69, 9.17) is 0 Å². The molecule has 0 aromatic heterocycles. The first kappa shape index (κ1) is 11.6. The van der Waals surface area contributed by atoms with Gasteiger partial charge in [0.1, 0.15) is 0 Å². The number of nitrogens with zero attached hydrogens (tertiary/aromatic N) is 1. The molecule has 0 spiro atoms. The molecule has 5 nitrogen and oxygen atoms in total. The molecule has 0 fully saturated rings. The van der Waals surface area contributed by atoms with Crippen molar-refractivity contribution < 1.29 is 9.72 Å². The number of primary amides is 1. The Balaban J connectivity index is 0. The second kappa shape index (κ2) is 4.72. The molecule has 1 unspecified atom stereocenters. The SMILES string of the molecule is C.CC(CC(N)=O)[N+](=O)[O-]. The summed E-state index contributed by atoms with van der Waals surface area (Å²) in [5.41, 5.74) is 4.69. The maximum atomic E-state index is 10.0. The summed E-state index contributed by atoms with van der Waals surface area (Å²) in [5, 5.41) is 9.83. The van der Waals surface area contributed by atoms with Crippen LogP contribution in [0, 0.1) is 10.1 Å². The van der Waals surface area contributed by atoms with Crippen molar-refractivity contribution in [3.8, 4) is 0 Å². The molecule has 0 saturated heterocycles. The highest BCUT2D eigenvalue weighted by Gasteiger charge is 2.14. The first-order chi connectivity index (χ1) is 4.04. The quantitative estimate of drug-likeness (QED) is 0.457. The van der Waals surface area contributed by atoms with Crippen molar-refractivity contribution in [2.75, 3.05) is 0 Å². The number of hydrogen-bond donors (Lipinski definition) is 1. The van der Waals surface area contributed by atoms with Crippen LogP contribution in [0.5, 0.6) is 0 Å². The predicted molar refractivity (Wildman–Crippen MR) is 37.0 cm³/mol. The van der Waals surface area contributed by atoms with Gasteiger partial charge >= 0.3 is 0 Å². The van der Waals surface area contributed by atoms with Crippen molar-refractivity contribution in [1.82, 2.24) is 0 Å². The topological polar surface area (TPSA) is 86.2 Å². The molecule has 0 bridgehead atoms. The molecule has 10 heavy (non-hydrogen) atoms. The molecule has 1 atom stereocenters. The monoisotopic (exact) mass is 148 g/mol. The Labute approximate surface area is 59.4 Å². The zero-order valence-electron chi connectivity index (χ0n) is 5.03. The minimum Gasteiger partial charge on any atom is -0.369 e. The van der Waals surface area contributed by atoms with Gasteiger partial charge in [0.05, 0.1) is 6.42 Å². The Bertz CT molecular complexity index is 135. The minimum absolute atomic E-state index is 0. The first-order valence-corrected chi connectivity index (χ1v) is 2.46. The number of carbonyl (C=O) groups excluding carboxylic acids is 1. The van der Waals surface area contributed by atoms with Crippen LogP contribution in [-0.4, -0.2) is 16.9 Å². The third kappa shape index (κ3) is 5.02. The van der Waals surface area contributed by atoms with E-state index < -0.39 is 16.9 Å². The van der Waals surface area contributed by atoms with Crippen LogP contribution in [0.2, 0.25) is 0 Å². The summed E-state index contributed by atoms with van der Waals surface area (Å²) in [5.74, 6) is -0.640. The summed E-state index contributed by atoms with van der Waals surface area (Å²) in [6.07, 6.45) is -0.188. The standard InChI is InChI=1S/C4H8N2O3.CH4/c1-3(6(8)9)2-4(5)7;/h3H,2H2,1H3,(H2,5,7);1H4. The van der Waals surface area contributed by atoms with Crippen LogP contribution in [0.25, 0.3) is 0 Å². The highest BCUT2D eigenvalue weighted by molar-refractivity contribution is 5.74. The molecule has 1 amide bonds. The normalized spacial score (nSPS) is 11.3. The minimum atomic E-state index is -0.859. The molecular weight excluding hydrogens is 136 g/mol. The fourth-order valence-electron chi connectivity index (χ4n) is 0.366. The molecule has 2 N–H and O–H groups in total. The van der Waals surface area contributed by atoms with Gasteiger partial charge in [-0.05, 0) is 0 Å². The maximum Gasteiger partial charge on any atom is 0.224 e. The highest BCUT2D eigenvalue weighted by Crippen LogP contribution is 1.92. The molecule has 0 heterocycles. The average molecular weight is 148 g/mol. The third-order valence-corrected chi connectivity index (χ3v) is 0.856. The maximum absolute atomic E-state index is 10.0. The third-order valence-electron chi connectivity index (χ3n) is 0.856. The molecule has 0 rings (SSSR count). The van der Waals surface area contributed by atoms with E-state index in [0.717, 1.165) is 0 Å². The van der Waals surface area contributed by atoms with E-state index >= 15 is 0 Å². The van der Waals surface area contributed by atoms with Gasteiger partial charge in [0.2, 0.25) is 11.9 Å². The summed E-state index contributed by atoms with van der Waals surface area (Å²) in [6.45, 7) is 1.34. The van der Waals surface area contributed by atoms with Crippen molar-refractivity contribution >= 4 is 5.91 Å². The zero-order valence-corrected chi connectivity index (χ0v) is 5.03. The van der Waals surface area contributed by atoms with Gasteiger partial charge < -0.3 is 5.73 Å². The molecule has 0 aromatic rings. The Hall–Kier alpha value is -1.13.